The van der Waals surface area contributed by atoms with Gasteiger partial charge in [0.25, 0.3) is 0 Å². The summed E-state index contributed by atoms with van der Waals surface area (Å²) in [4.78, 5) is 0. The van der Waals surface area contributed by atoms with Crippen molar-refractivity contribution in [2.24, 2.45) is 0 Å². The lowest BCUT2D eigenvalue weighted by molar-refractivity contribution is 0.139. The SMILES string of the molecule is CCNC(CC)(CO)CCCOc1c(C)ccc(C)c1C. The Labute approximate surface area is 129 Å². The van der Waals surface area contributed by atoms with E-state index in [1.165, 1.54) is 16.7 Å². The van der Waals surface area contributed by atoms with Crippen LogP contribution in [-0.4, -0.2) is 30.4 Å². The Morgan fingerprint density at radius 1 is 1.14 bits per heavy atom. The lowest BCUT2D eigenvalue weighted by Crippen LogP contribution is -2.48. The van der Waals surface area contributed by atoms with Crippen LogP contribution in [0.15, 0.2) is 12.1 Å². The van der Waals surface area contributed by atoms with Crippen LogP contribution >= 0.6 is 0 Å². The fourth-order valence-electron chi connectivity index (χ4n) is 2.74. The Morgan fingerprint density at radius 2 is 1.81 bits per heavy atom. The first-order chi connectivity index (χ1) is 9.99. The van der Waals surface area contributed by atoms with Crippen molar-refractivity contribution in [3.05, 3.63) is 28.8 Å². The number of aryl methyl sites for hydroxylation is 2. The molecular weight excluding hydrogens is 262 g/mol. The first kappa shape index (κ1) is 18.0. The van der Waals surface area contributed by atoms with Crippen LogP contribution in [0.1, 0.15) is 49.8 Å². The van der Waals surface area contributed by atoms with Gasteiger partial charge in [-0.2, -0.15) is 0 Å². The molecule has 0 aliphatic carbocycles. The molecule has 3 heteroatoms. The van der Waals surface area contributed by atoms with Crippen molar-refractivity contribution >= 4 is 0 Å². The van der Waals surface area contributed by atoms with Crippen LogP contribution < -0.4 is 10.1 Å². The van der Waals surface area contributed by atoms with Gasteiger partial charge in [0.15, 0.2) is 0 Å². The van der Waals surface area contributed by atoms with E-state index in [0.717, 1.165) is 31.6 Å². The molecule has 1 aromatic carbocycles. The third kappa shape index (κ3) is 4.72. The van der Waals surface area contributed by atoms with E-state index < -0.39 is 0 Å². The van der Waals surface area contributed by atoms with Gasteiger partial charge in [0.2, 0.25) is 0 Å². The highest BCUT2D eigenvalue weighted by atomic mass is 16.5. The highest BCUT2D eigenvalue weighted by Crippen LogP contribution is 2.26. The zero-order valence-electron chi connectivity index (χ0n) is 14.3. The molecule has 0 bridgehead atoms. The molecule has 120 valence electrons. The number of rotatable bonds is 9. The van der Waals surface area contributed by atoms with Crippen LogP contribution in [0.25, 0.3) is 0 Å². The minimum absolute atomic E-state index is 0.158. The number of aliphatic hydroxyl groups excluding tert-OH is 1. The van der Waals surface area contributed by atoms with E-state index in [1.807, 2.05) is 0 Å². The van der Waals surface area contributed by atoms with Crippen LogP contribution in [0.4, 0.5) is 0 Å². The molecule has 1 atom stereocenters. The minimum Gasteiger partial charge on any atom is -0.493 e. The van der Waals surface area contributed by atoms with Gasteiger partial charge in [-0.1, -0.05) is 26.0 Å². The summed E-state index contributed by atoms with van der Waals surface area (Å²) in [5.74, 6) is 1.02. The van der Waals surface area contributed by atoms with Gasteiger partial charge in [-0.3, -0.25) is 0 Å². The topological polar surface area (TPSA) is 41.5 Å². The molecule has 0 aliphatic rings. The lowest BCUT2D eigenvalue weighted by Gasteiger charge is -2.31. The normalized spacial score (nSPS) is 14.0. The molecule has 0 aromatic heterocycles. The number of hydrogen-bond acceptors (Lipinski definition) is 3. The average Bonchev–Trinajstić information content (AvgIpc) is 2.49. The number of likely N-dealkylation sites (N-methyl/N-ethyl adjacent to an activating group) is 1. The van der Waals surface area contributed by atoms with Crippen LogP contribution in [0.5, 0.6) is 5.75 Å². The number of aliphatic hydroxyl groups is 1. The summed E-state index contributed by atoms with van der Waals surface area (Å²) in [5, 5.41) is 13.1. The Morgan fingerprint density at radius 3 is 2.38 bits per heavy atom. The van der Waals surface area contributed by atoms with Crippen LogP contribution in [0.3, 0.4) is 0 Å². The summed E-state index contributed by atoms with van der Waals surface area (Å²) < 4.78 is 6.00. The molecule has 1 rings (SSSR count). The van der Waals surface area contributed by atoms with Crippen molar-refractivity contribution in [3.63, 3.8) is 0 Å². The Kier molecular flexibility index (Phi) is 7.20. The van der Waals surface area contributed by atoms with Crippen LogP contribution in [-0.2, 0) is 0 Å². The summed E-state index contributed by atoms with van der Waals surface area (Å²) >= 11 is 0. The molecule has 0 spiro atoms. The average molecular weight is 293 g/mol. The zero-order chi connectivity index (χ0) is 15.9. The van der Waals surface area contributed by atoms with Crippen molar-refractivity contribution in [1.29, 1.82) is 0 Å². The highest BCUT2D eigenvalue weighted by molar-refractivity contribution is 5.44. The summed E-state index contributed by atoms with van der Waals surface area (Å²) in [6.45, 7) is 12.3. The Bertz CT molecular complexity index is 439. The van der Waals surface area contributed by atoms with Gasteiger partial charge in [0.05, 0.1) is 13.2 Å². The predicted molar refractivity (Wildman–Crippen MR) is 89.2 cm³/mol. The molecule has 0 aliphatic heterocycles. The first-order valence-corrected chi connectivity index (χ1v) is 8.05. The van der Waals surface area contributed by atoms with Gasteiger partial charge in [-0.05, 0) is 63.3 Å². The molecule has 1 aromatic rings. The number of hydrogen-bond donors (Lipinski definition) is 2. The molecule has 0 saturated heterocycles. The van der Waals surface area contributed by atoms with Gasteiger partial charge in [-0.15, -0.1) is 0 Å². The maximum absolute atomic E-state index is 9.65. The summed E-state index contributed by atoms with van der Waals surface area (Å²) in [6, 6.07) is 4.25. The molecule has 0 amide bonds. The molecule has 0 heterocycles. The number of ether oxygens (including phenoxy) is 1. The van der Waals surface area contributed by atoms with Crippen molar-refractivity contribution in [2.45, 2.75) is 59.4 Å². The monoisotopic (exact) mass is 293 g/mol. The van der Waals surface area contributed by atoms with E-state index in [9.17, 15) is 5.11 Å². The molecule has 0 saturated carbocycles. The zero-order valence-corrected chi connectivity index (χ0v) is 14.3. The maximum Gasteiger partial charge on any atom is 0.125 e. The molecular formula is C18H31NO2. The smallest absolute Gasteiger partial charge is 0.125 e. The van der Waals surface area contributed by atoms with Gasteiger partial charge >= 0.3 is 0 Å². The molecule has 0 fully saturated rings. The first-order valence-electron chi connectivity index (χ1n) is 8.05. The third-order valence-electron chi connectivity index (χ3n) is 4.45. The largest absolute Gasteiger partial charge is 0.493 e. The second-order valence-corrected chi connectivity index (χ2v) is 5.93. The molecule has 0 radical (unpaired) electrons. The lowest BCUT2D eigenvalue weighted by atomic mass is 9.91. The van der Waals surface area contributed by atoms with Crippen LogP contribution in [0, 0.1) is 20.8 Å². The van der Waals surface area contributed by atoms with Gasteiger partial charge in [0, 0.05) is 5.54 Å². The van der Waals surface area contributed by atoms with Crippen molar-refractivity contribution in [2.75, 3.05) is 19.8 Å². The fraction of sp³-hybridized carbons (Fsp3) is 0.667. The van der Waals surface area contributed by atoms with E-state index in [1.54, 1.807) is 0 Å². The maximum atomic E-state index is 9.65. The minimum atomic E-state index is -0.158. The Balaban J connectivity index is 2.56. The summed E-state index contributed by atoms with van der Waals surface area (Å²) in [5.41, 5.74) is 3.52. The third-order valence-corrected chi connectivity index (χ3v) is 4.45. The summed E-state index contributed by atoms with van der Waals surface area (Å²) in [7, 11) is 0. The molecule has 21 heavy (non-hydrogen) atoms. The molecule has 3 nitrogen and oxygen atoms in total. The van der Waals surface area contributed by atoms with Crippen LogP contribution in [0.2, 0.25) is 0 Å². The van der Waals surface area contributed by atoms with Crippen molar-refractivity contribution in [1.82, 2.24) is 5.32 Å². The Hall–Kier alpha value is -1.06. The van der Waals surface area contributed by atoms with Crippen molar-refractivity contribution in [3.8, 4) is 5.75 Å². The highest BCUT2D eigenvalue weighted by Gasteiger charge is 2.25. The number of nitrogens with one attached hydrogen (secondary N) is 1. The van der Waals surface area contributed by atoms with E-state index in [0.29, 0.717) is 6.61 Å². The second-order valence-electron chi connectivity index (χ2n) is 5.93. The fourth-order valence-corrected chi connectivity index (χ4v) is 2.74. The number of benzene rings is 1. The quantitative estimate of drug-likeness (QED) is 0.685. The van der Waals surface area contributed by atoms with Gasteiger partial charge in [0.1, 0.15) is 5.75 Å². The van der Waals surface area contributed by atoms with E-state index in [4.69, 9.17) is 4.74 Å². The summed E-state index contributed by atoms with van der Waals surface area (Å²) in [6.07, 6.45) is 2.80. The van der Waals surface area contributed by atoms with Crippen molar-refractivity contribution < 1.29 is 9.84 Å². The van der Waals surface area contributed by atoms with E-state index in [-0.39, 0.29) is 12.1 Å². The molecule has 2 N–H and O–H groups in total. The van der Waals surface area contributed by atoms with E-state index in [2.05, 4.69) is 52.1 Å². The van der Waals surface area contributed by atoms with Gasteiger partial charge in [-0.25, -0.2) is 0 Å². The standard InChI is InChI=1S/C18H31NO2/c1-6-18(13-20,19-7-2)11-8-12-21-17-15(4)10-9-14(3)16(17)5/h9-10,19-20H,6-8,11-13H2,1-5H3. The van der Waals surface area contributed by atoms with Gasteiger partial charge < -0.3 is 15.2 Å². The second kappa shape index (κ2) is 8.40. The van der Waals surface area contributed by atoms with E-state index >= 15 is 0 Å². The molecule has 1 unspecified atom stereocenters. The predicted octanol–water partition coefficient (Wildman–Crippen LogP) is 3.52.